The molecule has 6 heteroatoms. The summed E-state index contributed by atoms with van der Waals surface area (Å²) in [4.78, 5) is 7.03. The number of hydrogen-bond acceptors (Lipinski definition) is 3. The molecule has 1 aromatic rings. The third-order valence-electron chi connectivity index (χ3n) is 4.40. The van der Waals surface area contributed by atoms with Gasteiger partial charge < -0.3 is 20.3 Å². The fourth-order valence-corrected chi connectivity index (χ4v) is 3.03. The molecule has 1 unspecified atom stereocenters. The molecule has 0 amide bonds. The quantitative estimate of drug-likeness (QED) is 0.299. The first kappa shape index (κ1) is 20.0. The largest absolute Gasteiger partial charge is 0.376 e. The SMILES string of the molecule is CCNC(=NCc1ccc(N2CC=CC2)cc1)NCC1CCCO1.I. The Kier molecular flexibility index (Phi) is 8.54. The molecule has 0 bridgehead atoms. The van der Waals surface area contributed by atoms with E-state index < -0.39 is 0 Å². The Morgan fingerprint density at radius 1 is 1.20 bits per heavy atom. The summed E-state index contributed by atoms with van der Waals surface area (Å²) in [7, 11) is 0. The summed E-state index contributed by atoms with van der Waals surface area (Å²) >= 11 is 0. The predicted molar refractivity (Wildman–Crippen MR) is 115 cm³/mol. The van der Waals surface area contributed by atoms with Crippen molar-refractivity contribution in [1.82, 2.24) is 10.6 Å². The van der Waals surface area contributed by atoms with Crippen LogP contribution in [0.25, 0.3) is 0 Å². The van der Waals surface area contributed by atoms with Gasteiger partial charge in [-0.3, -0.25) is 0 Å². The fourth-order valence-electron chi connectivity index (χ4n) is 3.03. The Balaban J connectivity index is 0.00000225. The number of hydrogen-bond donors (Lipinski definition) is 2. The molecular weight excluding hydrogens is 427 g/mol. The molecule has 1 atom stereocenters. The van der Waals surface area contributed by atoms with E-state index >= 15 is 0 Å². The van der Waals surface area contributed by atoms with Gasteiger partial charge in [-0.15, -0.1) is 24.0 Å². The zero-order chi connectivity index (χ0) is 16.6. The van der Waals surface area contributed by atoms with Gasteiger partial charge in [-0.1, -0.05) is 24.3 Å². The molecule has 0 aliphatic carbocycles. The minimum atomic E-state index is 0. The van der Waals surface area contributed by atoms with Gasteiger partial charge in [-0.05, 0) is 37.5 Å². The molecule has 1 fully saturated rings. The van der Waals surface area contributed by atoms with Crippen LogP contribution in [0.2, 0.25) is 0 Å². The van der Waals surface area contributed by atoms with E-state index in [1.165, 1.54) is 17.7 Å². The van der Waals surface area contributed by atoms with E-state index in [9.17, 15) is 0 Å². The molecule has 1 aromatic carbocycles. The van der Waals surface area contributed by atoms with Gasteiger partial charge in [0.1, 0.15) is 0 Å². The highest BCUT2D eigenvalue weighted by molar-refractivity contribution is 14.0. The monoisotopic (exact) mass is 456 g/mol. The van der Waals surface area contributed by atoms with Crippen molar-refractivity contribution in [2.75, 3.05) is 37.7 Å². The topological polar surface area (TPSA) is 48.9 Å². The van der Waals surface area contributed by atoms with Crippen LogP contribution in [0.15, 0.2) is 41.4 Å². The van der Waals surface area contributed by atoms with E-state index in [0.29, 0.717) is 12.6 Å². The zero-order valence-corrected chi connectivity index (χ0v) is 17.2. The summed E-state index contributed by atoms with van der Waals surface area (Å²) in [5.41, 5.74) is 2.50. The third kappa shape index (κ3) is 6.18. The van der Waals surface area contributed by atoms with Crippen LogP contribution in [0.5, 0.6) is 0 Å². The van der Waals surface area contributed by atoms with Crippen LogP contribution < -0.4 is 15.5 Å². The molecule has 5 nitrogen and oxygen atoms in total. The summed E-state index contributed by atoms with van der Waals surface area (Å²) in [6.45, 7) is 7.36. The van der Waals surface area contributed by atoms with Gasteiger partial charge in [0.25, 0.3) is 0 Å². The van der Waals surface area contributed by atoms with Crippen LogP contribution in [0, 0.1) is 0 Å². The molecule has 2 aliphatic rings. The Morgan fingerprint density at radius 2 is 1.96 bits per heavy atom. The second-order valence-electron chi connectivity index (χ2n) is 6.25. The van der Waals surface area contributed by atoms with Crippen LogP contribution in [0.4, 0.5) is 5.69 Å². The lowest BCUT2D eigenvalue weighted by molar-refractivity contribution is 0.114. The number of benzene rings is 1. The maximum atomic E-state index is 5.65. The number of rotatable bonds is 6. The van der Waals surface area contributed by atoms with Crippen molar-refractivity contribution in [2.45, 2.75) is 32.4 Å². The van der Waals surface area contributed by atoms with Gasteiger partial charge in [0.05, 0.1) is 12.6 Å². The third-order valence-corrected chi connectivity index (χ3v) is 4.40. The smallest absolute Gasteiger partial charge is 0.191 e. The van der Waals surface area contributed by atoms with Crippen LogP contribution in [0.3, 0.4) is 0 Å². The van der Waals surface area contributed by atoms with Crippen molar-refractivity contribution < 1.29 is 4.74 Å². The lowest BCUT2D eigenvalue weighted by atomic mass is 10.2. The van der Waals surface area contributed by atoms with Crippen LogP contribution >= 0.6 is 24.0 Å². The first-order valence-electron chi connectivity index (χ1n) is 8.98. The van der Waals surface area contributed by atoms with Crippen molar-refractivity contribution in [3.05, 3.63) is 42.0 Å². The molecule has 2 heterocycles. The summed E-state index contributed by atoms with van der Waals surface area (Å²) in [6.07, 6.45) is 7.04. The lowest BCUT2D eigenvalue weighted by Crippen LogP contribution is -2.41. The van der Waals surface area contributed by atoms with E-state index in [-0.39, 0.29) is 24.0 Å². The minimum Gasteiger partial charge on any atom is -0.376 e. The molecule has 3 rings (SSSR count). The maximum absolute atomic E-state index is 5.65. The average Bonchev–Trinajstić information content (AvgIpc) is 3.31. The van der Waals surface area contributed by atoms with E-state index in [1.54, 1.807) is 0 Å². The summed E-state index contributed by atoms with van der Waals surface area (Å²) in [5, 5.41) is 6.69. The van der Waals surface area contributed by atoms with Crippen LogP contribution in [-0.2, 0) is 11.3 Å². The van der Waals surface area contributed by atoms with Crippen molar-refractivity contribution in [2.24, 2.45) is 4.99 Å². The Labute approximate surface area is 167 Å². The Bertz CT molecular complexity index is 559. The van der Waals surface area contributed by atoms with E-state index in [2.05, 4.69) is 63.9 Å². The predicted octanol–water partition coefficient (Wildman–Crippen LogP) is 2.91. The van der Waals surface area contributed by atoms with Gasteiger partial charge in [-0.2, -0.15) is 0 Å². The maximum Gasteiger partial charge on any atom is 0.191 e. The lowest BCUT2D eigenvalue weighted by Gasteiger charge is -2.18. The summed E-state index contributed by atoms with van der Waals surface area (Å²) in [5.74, 6) is 0.862. The van der Waals surface area contributed by atoms with Crippen LogP contribution in [0.1, 0.15) is 25.3 Å². The molecule has 1 saturated heterocycles. The van der Waals surface area contributed by atoms with Crippen molar-refractivity contribution >= 4 is 35.6 Å². The molecule has 0 saturated carbocycles. The molecule has 25 heavy (non-hydrogen) atoms. The van der Waals surface area contributed by atoms with Crippen molar-refractivity contribution in [3.8, 4) is 0 Å². The summed E-state index contributed by atoms with van der Waals surface area (Å²) < 4.78 is 5.65. The fraction of sp³-hybridized carbons (Fsp3) is 0.526. The summed E-state index contributed by atoms with van der Waals surface area (Å²) in [6, 6.07) is 8.71. The first-order valence-corrected chi connectivity index (χ1v) is 8.98. The van der Waals surface area contributed by atoms with Gasteiger partial charge >= 0.3 is 0 Å². The Morgan fingerprint density at radius 3 is 2.60 bits per heavy atom. The molecule has 0 radical (unpaired) electrons. The molecule has 0 aromatic heterocycles. The standard InChI is InChI=1S/C19H28N4O.HI/c1-2-20-19(22-15-18-6-5-13-24-18)21-14-16-7-9-17(10-8-16)23-11-3-4-12-23;/h3-4,7-10,18H,2,5-6,11-15H2,1H3,(H2,20,21,22);1H. The van der Waals surface area contributed by atoms with Crippen molar-refractivity contribution in [3.63, 3.8) is 0 Å². The van der Waals surface area contributed by atoms with E-state index in [1.807, 2.05) is 0 Å². The normalized spacial score (nSPS) is 19.8. The molecule has 138 valence electrons. The van der Waals surface area contributed by atoms with Crippen molar-refractivity contribution in [1.29, 1.82) is 0 Å². The number of anilines is 1. The van der Waals surface area contributed by atoms with Crippen LogP contribution in [-0.4, -0.2) is 44.8 Å². The second-order valence-corrected chi connectivity index (χ2v) is 6.25. The molecule has 2 aliphatic heterocycles. The number of nitrogens with zero attached hydrogens (tertiary/aromatic N) is 2. The van der Waals surface area contributed by atoms with Gasteiger partial charge in [0.15, 0.2) is 5.96 Å². The number of guanidine groups is 1. The highest BCUT2D eigenvalue weighted by atomic mass is 127. The first-order chi connectivity index (χ1) is 11.8. The number of nitrogens with one attached hydrogen (secondary N) is 2. The Hall–Kier alpha value is -1.28. The van der Waals surface area contributed by atoms with E-state index in [0.717, 1.165) is 45.2 Å². The van der Waals surface area contributed by atoms with Gasteiger partial charge in [-0.25, -0.2) is 4.99 Å². The van der Waals surface area contributed by atoms with Gasteiger partial charge in [0, 0.05) is 38.5 Å². The van der Waals surface area contributed by atoms with E-state index in [4.69, 9.17) is 4.74 Å². The average molecular weight is 456 g/mol. The highest BCUT2D eigenvalue weighted by Crippen LogP contribution is 2.18. The second kappa shape index (κ2) is 10.7. The van der Waals surface area contributed by atoms with Gasteiger partial charge in [0.2, 0.25) is 0 Å². The number of halogens is 1. The molecule has 0 spiro atoms. The highest BCUT2D eigenvalue weighted by Gasteiger charge is 2.15. The number of ether oxygens (including phenoxy) is 1. The minimum absolute atomic E-state index is 0. The molecular formula is C19H29IN4O. The zero-order valence-electron chi connectivity index (χ0n) is 14.9. The number of aliphatic imine (C=N–C) groups is 1. The molecule has 2 N–H and O–H groups in total.